The van der Waals surface area contributed by atoms with Crippen LogP contribution >= 0.6 is 0 Å². The fourth-order valence-corrected chi connectivity index (χ4v) is 4.59. The van der Waals surface area contributed by atoms with E-state index in [1.165, 1.54) is 13.0 Å². The van der Waals surface area contributed by atoms with Gasteiger partial charge < -0.3 is 4.90 Å². The summed E-state index contributed by atoms with van der Waals surface area (Å²) < 4.78 is 42.1. The first-order chi connectivity index (χ1) is 14.7. The minimum Gasteiger partial charge on any atom is -0.309 e. The molecule has 0 saturated heterocycles. The summed E-state index contributed by atoms with van der Waals surface area (Å²) in [5, 5.41) is 8.53. The number of fused-ring (bicyclic) bond motifs is 1. The Kier molecular flexibility index (Phi) is 5.33. The van der Waals surface area contributed by atoms with Crippen LogP contribution in [0.1, 0.15) is 44.4 Å². The van der Waals surface area contributed by atoms with Crippen LogP contribution in [0, 0.1) is 5.92 Å². The summed E-state index contributed by atoms with van der Waals surface area (Å²) in [6.45, 7) is 5.36. The minimum absolute atomic E-state index is 0.170. The molecule has 162 valence electrons. The Hall–Kier alpha value is -3.16. The molecule has 0 fully saturated rings. The van der Waals surface area contributed by atoms with E-state index >= 15 is 0 Å². The topological polar surface area (TPSA) is 51.0 Å². The van der Waals surface area contributed by atoms with E-state index in [1.807, 2.05) is 44.2 Å². The second kappa shape index (κ2) is 7.83. The zero-order chi connectivity index (χ0) is 22.3. The average Bonchev–Trinajstić information content (AvgIpc) is 3.21. The van der Waals surface area contributed by atoms with Crippen molar-refractivity contribution in [1.82, 2.24) is 15.0 Å². The summed E-state index contributed by atoms with van der Waals surface area (Å²) in [4.78, 5) is 14.1. The Bertz CT molecular complexity index is 1090. The molecular formula is C23H23F3N4O. The van der Waals surface area contributed by atoms with Gasteiger partial charge >= 0.3 is 6.18 Å². The van der Waals surface area contributed by atoms with Crippen molar-refractivity contribution in [2.45, 2.75) is 45.5 Å². The van der Waals surface area contributed by atoms with Crippen molar-refractivity contribution in [1.29, 1.82) is 0 Å². The van der Waals surface area contributed by atoms with Crippen molar-refractivity contribution in [3.8, 4) is 11.3 Å². The number of anilines is 1. The Morgan fingerprint density at radius 1 is 1.13 bits per heavy atom. The standard InChI is InChI=1S/C23H23F3N4O/c1-4-20-14(2)22(29-13-19(27-28-29)16-8-6-5-7-9-16)18-12-17(23(24,25)26)10-11-21(18)30(20)15(3)31/h5-14,20,22H,4H2,1-3H3/t14-,20?,22?/m1/s1. The van der Waals surface area contributed by atoms with Gasteiger partial charge in [-0.15, -0.1) is 5.10 Å². The van der Waals surface area contributed by atoms with E-state index in [0.29, 0.717) is 23.4 Å². The lowest BCUT2D eigenvalue weighted by molar-refractivity contribution is -0.137. The van der Waals surface area contributed by atoms with Gasteiger partial charge in [0.2, 0.25) is 5.91 Å². The van der Waals surface area contributed by atoms with Crippen LogP contribution in [0.3, 0.4) is 0 Å². The van der Waals surface area contributed by atoms with E-state index in [2.05, 4.69) is 10.3 Å². The van der Waals surface area contributed by atoms with E-state index < -0.39 is 17.8 Å². The lowest BCUT2D eigenvalue weighted by atomic mass is 9.80. The second-order valence-electron chi connectivity index (χ2n) is 7.89. The number of amides is 1. The molecule has 2 aromatic carbocycles. The van der Waals surface area contributed by atoms with Gasteiger partial charge in [0.15, 0.2) is 0 Å². The zero-order valence-corrected chi connectivity index (χ0v) is 17.5. The molecule has 0 saturated carbocycles. The molecule has 31 heavy (non-hydrogen) atoms. The molecule has 2 heterocycles. The van der Waals surface area contributed by atoms with Gasteiger partial charge in [-0.2, -0.15) is 13.2 Å². The van der Waals surface area contributed by atoms with Crippen molar-refractivity contribution in [3.63, 3.8) is 0 Å². The second-order valence-corrected chi connectivity index (χ2v) is 7.89. The van der Waals surface area contributed by atoms with Crippen LogP contribution in [0.5, 0.6) is 0 Å². The molecular weight excluding hydrogens is 405 g/mol. The monoisotopic (exact) mass is 428 g/mol. The fourth-order valence-electron chi connectivity index (χ4n) is 4.59. The fraction of sp³-hybridized carbons (Fsp3) is 0.348. The van der Waals surface area contributed by atoms with Crippen LogP contribution < -0.4 is 4.90 Å². The van der Waals surface area contributed by atoms with Crippen molar-refractivity contribution < 1.29 is 18.0 Å². The van der Waals surface area contributed by atoms with Crippen LogP contribution in [0.15, 0.2) is 54.7 Å². The smallest absolute Gasteiger partial charge is 0.309 e. The molecule has 2 unspecified atom stereocenters. The maximum absolute atomic E-state index is 13.5. The number of carbonyl (C=O) groups is 1. The number of nitrogens with zero attached hydrogens (tertiary/aromatic N) is 4. The molecule has 8 heteroatoms. The van der Waals surface area contributed by atoms with Gasteiger partial charge in [-0.25, -0.2) is 4.68 Å². The van der Waals surface area contributed by atoms with Gasteiger partial charge in [0.05, 0.1) is 17.8 Å². The van der Waals surface area contributed by atoms with Crippen LogP contribution in [-0.4, -0.2) is 26.9 Å². The largest absolute Gasteiger partial charge is 0.416 e. The number of carbonyl (C=O) groups excluding carboxylic acids is 1. The summed E-state index contributed by atoms with van der Waals surface area (Å²) in [7, 11) is 0. The van der Waals surface area contributed by atoms with E-state index in [9.17, 15) is 18.0 Å². The van der Waals surface area contributed by atoms with Crippen LogP contribution in [0.4, 0.5) is 18.9 Å². The van der Waals surface area contributed by atoms with E-state index in [4.69, 9.17) is 0 Å². The quantitative estimate of drug-likeness (QED) is 0.566. The molecule has 0 aliphatic carbocycles. The van der Waals surface area contributed by atoms with Gasteiger partial charge in [-0.1, -0.05) is 49.4 Å². The highest BCUT2D eigenvalue weighted by Gasteiger charge is 2.42. The van der Waals surface area contributed by atoms with Crippen LogP contribution in [-0.2, 0) is 11.0 Å². The van der Waals surface area contributed by atoms with E-state index in [-0.39, 0.29) is 17.9 Å². The molecule has 5 nitrogen and oxygen atoms in total. The molecule has 1 aliphatic heterocycles. The highest BCUT2D eigenvalue weighted by atomic mass is 19.4. The van der Waals surface area contributed by atoms with Gasteiger partial charge in [0, 0.05) is 35.7 Å². The molecule has 3 atom stereocenters. The van der Waals surface area contributed by atoms with Crippen molar-refractivity contribution in [2.75, 3.05) is 4.90 Å². The van der Waals surface area contributed by atoms with Crippen molar-refractivity contribution in [3.05, 3.63) is 65.9 Å². The summed E-state index contributed by atoms with van der Waals surface area (Å²) in [5.41, 5.74) is 1.69. The number of alkyl halides is 3. The van der Waals surface area contributed by atoms with Crippen molar-refractivity contribution in [2.24, 2.45) is 5.92 Å². The highest BCUT2D eigenvalue weighted by Crippen LogP contribution is 2.46. The molecule has 0 spiro atoms. The first kappa shape index (κ1) is 21.1. The third kappa shape index (κ3) is 3.71. The predicted molar refractivity (Wildman–Crippen MR) is 111 cm³/mol. The Labute approximate surface area is 178 Å². The first-order valence-corrected chi connectivity index (χ1v) is 10.2. The van der Waals surface area contributed by atoms with E-state index in [0.717, 1.165) is 17.7 Å². The molecule has 3 aromatic rings. The first-order valence-electron chi connectivity index (χ1n) is 10.2. The molecule has 1 aromatic heterocycles. The molecule has 0 N–H and O–H groups in total. The normalized spacial score (nSPS) is 21.1. The molecule has 4 rings (SSSR count). The summed E-state index contributed by atoms with van der Waals surface area (Å²) in [6, 6.07) is 12.4. The maximum Gasteiger partial charge on any atom is 0.416 e. The van der Waals surface area contributed by atoms with Gasteiger partial charge in [-0.3, -0.25) is 4.79 Å². The number of hydrogen-bond acceptors (Lipinski definition) is 3. The van der Waals surface area contributed by atoms with E-state index in [1.54, 1.807) is 15.8 Å². The van der Waals surface area contributed by atoms with Gasteiger partial charge in [0.25, 0.3) is 0 Å². The van der Waals surface area contributed by atoms with Crippen molar-refractivity contribution >= 4 is 11.6 Å². The van der Waals surface area contributed by atoms with Crippen LogP contribution in [0.2, 0.25) is 0 Å². The SMILES string of the molecule is CCC1[C@@H](C)C(n2cc(-c3ccccc3)nn2)c2cc(C(F)(F)F)ccc2N1C(C)=O. The Morgan fingerprint density at radius 3 is 2.45 bits per heavy atom. The molecule has 1 amide bonds. The number of benzene rings is 2. The highest BCUT2D eigenvalue weighted by molar-refractivity contribution is 5.94. The maximum atomic E-state index is 13.5. The Balaban J connectivity index is 1.88. The number of rotatable bonds is 3. The van der Waals surface area contributed by atoms with Gasteiger partial charge in [0.1, 0.15) is 5.69 Å². The predicted octanol–water partition coefficient (Wildman–Crippen LogP) is 5.33. The van der Waals surface area contributed by atoms with Gasteiger partial charge in [-0.05, 0) is 24.6 Å². The molecule has 1 aliphatic rings. The molecule has 0 bridgehead atoms. The molecule has 0 radical (unpaired) electrons. The summed E-state index contributed by atoms with van der Waals surface area (Å²) in [6.07, 6.45) is -2.06. The zero-order valence-electron chi connectivity index (χ0n) is 17.5. The number of halogens is 3. The summed E-state index contributed by atoms with van der Waals surface area (Å²) in [5.74, 6) is -0.364. The lowest BCUT2D eigenvalue weighted by Crippen LogP contribution is -2.49. The Morgan fingerprint density at radius 2 is 1.84 bits per heavy atom. The summed E-state index contributed by atoms with van der Waals surface area (Å²) >= 11 is 0. The average molecular weight is 428 g/mol. The lowest BCUT2D eigenvalue weighted by Gasteiger charge is -2.44. The van der Waals surface area contributed by atoms with Crippen LogP contribution in [0.25, 0.3) is 11.3 Å². The third-order valence-electron chi connectivity index (χ3n) is 5.99. The number of hydrogen-bond donors (Lipinski definition) is 0. The third-order valence-corrected chi connectivity index (χ3v) is 5.99. The number of aromatic nitrogens is 3. The minimum atomic E-state index is -4.48.